The third-order valence-electron chi connectivity index (χ3n) is 3.95. The van der Waals surface area contributed by atoms with Gasteiger partial charge in [0.05, 0.1) is 0 Å². The Labute approximate surface area is 116 Å². The van der Waals surface area contributed by atoms with Crippen molar-refractivity contribution in [1.29, 1.82) is 0 Å². The van der Waals surface area contributed by atoms with Crippen LogP contribution in [0.4, 0.5) is 0 Å². The second-order valence-electron chi connectivity index (χ2n) is 5.43. The zero-order valence-corrected chi connectivity index (χ0v) is 11.6. The molecule has 0 spiro atoms. The predicted molar refractivity (Wildman–Crippen MR) is 80.2 cm³/mol. The Balaban J connectivity index is 1.79. The number of rotatable bonds is 7. The van der Waals surface area contributed by atoms with Gasteiger partial charge in [-0.2, -0.15) is 0 Å². The molecule has 1 aliphatic rings. The van der Waals surface area contributed by atoms with Crippen molar-refractivity contribution in [3.8, 4) is 0 Å². The first kappa shape index (κ1) is 14.3. The number of hydrogen-bond donors (Lipinski definition) is 2. The highest BCUT2D eigenvalue weighted by Crippen LogP contribution is 2.20. The van der Waals surface area contributed by atoms with Gasteiger partial charge in [0.15, 0.2) is 0 Å². The molecule has 1 aliphatic carbocycles. The van der Waals surface area contributed by atoms with E-state index in [1.54, 1.807) is 0 Å². The first-order valence-electron chi connectivity index (χ1n) is 7.41. The average molecular weight is 259 g/mol. The number of allylic oxidation sites excluding steroid dienone is 2. The number of nitrogens with one attached hydrogen (secondary N) is 1. The third-order valence-corrected chi connectivity index (χ3v) is 3.95. The smallest absolute Gasteiger partial charge is 0.0437 e. The minimum Gasteiger partial charge on any atom is -0.396 e. The summed E-state index contributed by atoms with van der Waals surface area (Å²) < 4.78 is 0. The van der Waals surface area contributed by atoms with E-state index in [0.717, 1.165) is 25.4 Å². The van der Waals surface area contributed by atoms with E-state index in [0.29, 0.717) is 5.92 Å². The van der Waals surface area contributed by atoms with Crippen LogP contribution in [0.15, 0.2) is 42.5 Å². The first-order valence-corrected chi connectivity index (χ1v) is 7.41. The average Bonchev–Trinajstić information content (AvgIpc) is 2.48. The van der Waals surface area contributed by atoms with Crippen LogP contribution in [0.1, 0.15) is 37.2 Å². The fourth-order valence-electron chi connectivity index (χ4n) is 2.77. The van der Waals surface area contributed by atoms with Gasteiger partial charge in [-0.1, -0.05) is 42.5 Å². The lowest BCUT2D eigenvalue weighted by atomic mass is 9.93. The van der Waals surface area contributed by atoms with E-state index in [9.17, 15) is 5.11 Å². The summed E-state index contributed by atoms with van der Waals surface area (Å²) in [5, 5.41) is 12.8. The molecule has 2 rings (SSSR count). The monoisotopic (exact) mass is 259 g/mol. The Bertz CT molecular complexity index is 374. The summed E-state index contributed by atoms with van der Waals surface area (Å²) in [7, 11) is 0. The zero-order chi connectivity index (χ0) is 13.3. The maximum Gasteiger partial charge on any atom is 0.0437 e. The van der Waals surface area contributed by atoms with E-state index in [-0.39, 0.29) is 6.61 Å². The lowest BCUT2D eigenvalue weighted by Crippen LogP contribution is -2.28. The number of aliphatic hydroxyl groups excluding tert-OH is 1. The summed E-state index contributed by atoms with van der Waals surface area (Å²) in [6.07, 6.45) is 9.17. The molecule has 0 amide bonds. The number of aliphatic hydroxyl groups is 1. The quantitative estimate of drug-likeness (QED) is 0.738. The van der Waals surface area contributed by atoms with Crippen molar-refractivity contribution >= 4 is 0 Å². The number of hydrogen-bond acceptors (Lipinski definition) is 2. The van der Waals surface area contributed by atoms with Crippen molar-refractivity contribution in [2.45, 2.75) is 31.6 Å². The van der Waals surface area contributed by atoms with Crippen molar-refractivity contribution in [2.75, 3.05) is 19.7 Å². The molecule has 19 heavy (non-hydrogen) atoms. The van der Waals surface area contributed by atoms with Crippen LogP contribution in [-0.2, 0) is 0 Å². The van der Waals surface area contributed by atoms with E-state index >= 15 is 0 Å². The van der Waals surface area contributed by atoms with Crippen LogP contribution in [0, 0.1) is 5.92 Å². The van der Waals surface area contributed by atoms with Gasteiger partial charge in [0.25, 0.3) is 0 Å². The molecular formula is C17H25NO. The molecule has 2 atom stereocenters. The molecule has 1 aromatic rings. The summed E-state index contributed by atoms with van der Waals surface area (Å²) in [5.41, 5.74) is 1.33. The van der Waals surface area contributed by atoms with E-state index in [4.69, 9.17) is 0 Å². The topological polar surface area (TPSA) is 32.3 Å². The minimum absolute atomic E-state index is 0.257. The van der Waals surface area contributed by atoms with E-state index < -0.39 is 0 Å². The van der Waals surface area contributed by atoms with Crippen molar-refractivity contribution in [1.82, 2.24) is 5.32 Å². The summed E-state index contributed by atoms with van der Waals surface area (Å²) >= 11 is 0. The summed E-state index contributed by atoms with van der Waals surface area (Å²) in [6.45, 7) is 2.32. The van der Waals surface area contributed by atoms with Crippen molar-refractivity contribution in [2.24, 2.45) is 5.92 Å². The van der Waals surface area contributed by atoms with Crippen LogP contribution in [0.2, 0.25) is 0 Å². The van der Waals surface area contributed by atoms with Crippen LogP contribution in [0.5, 0.6) is 0 Å². The molecule has 0 heterocycles. The second kappa shape index (κ2) is 8.13. The largest absolute Gasteiger partial charge is 0.396 e. The Morgan fingerprint density at radius 3 is 2.74 bits per heavy atom. The molecule has 0 unspecified atom stereocenters. The van der Waals surface area contributed by atoms with Crippen LogP contribution in [0.25, 0.3) is 0 Å². The number of benzene rings is 1. The molecule has 2 heteroatoms. The summed E-state index contributed by atoms with van der Waals surface area (Å²) in [6, 6.07) is 10.5. The lowest BCUT2D eigenvalue weighted by Gasteiger charge is -2.21. The molecule has 0 saturated carbocycles. The normalized spacial score (nSPS) is 20.4. The highest BCUT2D eigenvalue weighted by molar-refractivity contribution is 5.19. The van der Waals surface area contributed by atoms with Gasteiger partial charge in [-0.05, 0) is 49.6 Å². The highest BCUT2D eigenvalue weighted by Gasteiger charge is 2.13. The molecule has 0 radical (unpaired) electrons. The fourth-order valence-corrected chi connectivity index (χ4v) is 2.77. The van der Waals surface area contributed by atoms with E-state index in [1.807, 2.05) is 6.07 Å². The Morgan fingerprint density at radius 2 is 2.05 bits per heavy atom. The maximum atomic E-state index is 9.21. The molecular weight excluding hydrogens is 234 g/mol. The van der Waals surface area contributed by atoms with Crippen molar-refractivity contribution in [3.05, 3.63) is 48.0 Å². The summed E-state index contributed by atoms with van der Waals surface area (Å²) in [4.78, 5) is 0. The van der Waals surface area contributed by atoms with Gasteiger partial charge in [-0.15, -0.1) is 0 Å². The standard InChI is InChI=1S/C17H25NO/c19-12-11-17(16-9-5-2-6-10-16)14-18-13-15-7-3-1-4-8-15/h1-3,5-6,9-10,15,17-19H,4,7-8,11-14H2/t15-,17-/m0/s1. The van der Waals surface area contributed by atoms with Gasteiger partial charge in [0.1, 0.15) is 0 Å². The molecule has 0 fully saturated rings. The molecule has 2 nitrogen and oxygen atoms in total. The van der Waals surface area contributed by atoms with Gasteiger partial charge in [-0.25, -0.2) is 0 Å². The van der Waals surface area contributed by atoms with Crippen molar-refractivity contribution in [3.63, 3.8) is 0 Å². The molecule has 2 N–H and O–H groups in total. The first-order chi connectivity index (χ1) is 9.40. The Morgan fingerprint density at radius 1 is 1.21 bits per heavy atom. The van der Waals surface area contributed by atoms with Crippen LogP contribution in [-0.4, -0.2) is 24.8 Å². The molecule has 0 aliphatic heterocycles. The van der Waals surface area contributed by atoms with Crippen LogP contribution < -0.4 is 5.32 Å². The van der Waals surface area contributed by atoms with E-state index in [2.05, 4.69) is 41.7 Å². The van der Waals surface area contributed by atoms with Gasteiger partial charge in [0.2, 0.25) is 0 Å². The molecule has 104 valence electrons. The fraction of sp³-hybridized carbons (Fsp3) is 0.529. The third kappa shape index (κ3) is 4.81. The zero-order valence-electron chi connectivity index (χ0n) is 11.6. The maximum absolute atomic E-state index is 9.21. The van der Waals surface area contributed by atoms with Gasteiger partial charge in [0, 0.05) is 13.2 Å². The Kier molecular flexibility index (Phi) is 6.12. The van der Waals surface area contributed by atoms with Gasteiger partial charge in [-0.3, -0.25) is 0 Å². The molecule has 0 bridgehead atoms. The Hall–Kier alpha value is -1.12. The van der Waals surface area contributed by atoms with Crippen molar-refractivity contribution < 1.29 is 5.11 Å². The van der Waals surface area contributed by atoms with Gasteiger partial charge < -0.3 is 10.4 Å². The predicted octanol–water partition coefficient (Wildman–Crippen LogP) is 3.10. The molecule has 1 aromatic carbocycles. The van der Waals surface area contributed by atoms with E-state index in [1.165, 1.54) is 24.8 Å². The molecule has 0 aromatic heterocycles. The van der Waals surface area contributed by atoms with Gasteiger partial charge >= 0.3 is 0 Å². The lowest BCUT2D eigenvalue weighted by molar-refractivity contribution is 0.272. The van der Waals surface area contributed by atoms with Crippen LogP contribution in [0.3, 0.4) is 0 Å². The minimum atomic E-state index is 0.257. The second-order valence-corrected chi connectivity index (χ2v) is 5.43. The molecule has 0 saturated heterocycles. The highest BCUT2D eigenvalue weighted by atomic mass is 16.3. The van der Waals surface area contributed by atoms with Crippen LogP contribution >= 0.6 is 0 Å². The summed E-state index contributed by atoms with van der Waals surface area (Å²) in [5.74, 6) is 1.21. The SMILES string of the molecule is OCC[C@@H](CNC[C@H]1CC=CCC1)c1ccccc1.